The number of pyridine rings is 1. The van der Waals surface area contributed by atoms with Crippen LogP contribution in [0.3, 0.4) is 0 Å². The summed E-state index contributed by atoms with van der Waals surface area (Å²) in [5.74, 6) is -0.331. The number of carbonyl (C=O) groups excluding carboxylic acids is 1. The van der Waals surface area contributed by atoms with E-state index in [9.17, 15) is 4.79 Å². The summed E-state index contributed by atoms with van der Waals surface area (Å²) in [5, 5.41) is 1.06. The maximum atomic E-state index is 11.7. The molecule has 2 aromatic carbocycles. The molecule has 0 atom stereocenters. The topological polar surface area (TPSA) is 58.2 Å². The number of fused-ring (bicyclic) bond motifs is 2. The highest BCUT2D eigenvalue weighted by molar-refractivity contribution is 5.97. The Morgan fingerprint density at radius 2 is 1.83 bits per heavy atom. The van der Waals surface area contributed by atoms with E-state index in [2.05, 4.69) is 46.2 Å². The van der Waals surface area contributed by atoms with E-state index in [4.69, 9.17) is 4.74 Å². The molecule has 5 rings (SSSR count). The predicted molar refractivity (Wildman–Crippen MR) is 118 cm³/mol. The maximum absolute atomic E-state index is 11.7. The van der Waals surface area contributed by atoms with E-state index in [-0.39, 0.29) is 5.97 Å². The normalized spacial score (nSPS) is 13.9. The molecule has 2 aromatic heterocycles. The van der Waals surface area contributed by atoms with E-state index in [1.54, 1.807) is 12.1 Å². The Labute approximate surface area is 175 Å². The molecule has 0 spiro atoms. The zero-order valence-electron chi connectivity index (χ0n) is 17.1. The molecule has 0 amide bonds. The average molecular weight is 397 g/mol. The average Bonchev–Trinajstić information content (AvgIpc) is 3.21. The number of hydrogen-bond acceptors (Lipinski definition) is 4. The Balaban J connectivity index is 1.54. The molecule has 30 heavy (non-hydrogen) atoms. The molecule has 3 heterocycles. The zero-order valence-corrected chi connectivity index (χ0v) is 17.1. The Kier molecular flexibility index (Phi) is 4.60. The molecule has 150 valence electrons. The summed E-state index contributed by atoms with van der Waals surface area (Å²) < 4.78 is 4.79. The number of H-pyrrole nitrogens is 1. The Morgan fingerprint density at radius 3 is 2.63 bits per heavy atom. The van der Waals surface area contributed by atoms with E-state index >= 15 is 0 Å². The third kappa shape index (κ3) is 3.27. The number of esters is 1. The van der Waals surface area contributed by atoms with Crippen LogP contribution in [-0.2, 0) is 17.7 Å². The second-order valence-electron chi connectivity index (χ2n) is 7.86. The minimum absolute atomic E-state index is 0.331. The van der Waals surface area contributed by atoms with Gasteiger partial charge in [0.25, 0.3) is 0 Å². The number of nitrogens with zero attached hydrogens (tertiary/aromatic N) is 2. The van der Waals surface area contributed by atoms with Crippen LogP contribution in [-0.4, -0.2) is 41.5 Å². The molecule has 5 heteroatoms. The summed E-state index contributed by atoms with van der Waals surface area (Å²) in [6.45, 7) is 2.10. The molecule has 5 nitrogen and oxygen atoms in total. The lowest BCUT2D eigenvalue weighted by Crippen LogP contribution is -2.26. The van der Waals surface area contributed by atoms with Crippen LogP contribution in [0.4, 0.5) is 0 Å². The minimum Gasteiger partial charge on any atom is -0.465 e. The summed E-state index contributed by atoms with van der Waals surface area (Å²) in [6, 6.07) is 16.4. The number of carbonyl (C=O) groups is 1. The number of aromatic nitrogens is 2. The van der Waals surface area contributed by atoms with Crippen molar-refractivity contribution in [3.8, 4) is 22.3 Å². The van der Waals surface area contributed by atoms with Crippen molar-refractivity contribution >= 4 is 17.0 Å². The van der Waals surface area contributed by atoms with Crippen molar-refractivity contribution in [3.63, 3.8) is 0 Å². The number of methoxy groups -OCH3 is 1. The second kappa shape index (κ2) is 7.43. The van der Waals surface area contributed by atoms with Crippen LogP contribution in [0.25, 0.3) is 33.3 Å². The van der Waals surface area contributed by atoms with E-state index < -0.39 is 0 Å². The maximum Gasteiger partial charge on any atom is 0.337 e. The van der Waals surface area contributed by atoms with Gasteiger partial charge >= 0.3 is 5.97 Å². The highest BCUT2D eigenvalue weighted by Gasteiger charge is 2.15. The van der Waals surface area contributed by atoms with Gasteiger partial charge in [-0.1, -0.05) is 24.3 Å². The molecule has 0 radical (unpaired) electrons. The zero-order chi connectivity index (χ0) is 20.7. The first-order chi connectivity index (χ1) is 14.6. The fourth-order valence-electron chi connectivity index (χ4n) is 4.18. The first-order valence-corrected chi connectivity index (χ1v) is 10.1. The van der Waals surface area contributed by atoms with Gasteiger partial charge in [0.1, 0.15) is 5.65 Å². The quantitative estimate of drug-likeness (QED) is 0.511. The van der Waals surface area contributed by atoms with Crippen LogP contribution in [0.2, 0.25) is 0 Å². The Bertz CT molecular complexity index is 1240. The van der Waals surface area contributed by atoms with E-state index in [1.807, 2.05) is 24.5 Å². The molecule has 0 bridgehead atoms. The van der Waals surface area contributed by atoms with E-state index in [1.165, 1.54) is 23.8 Å². The van der Waals surface area contributed by atoms with Crippen molar-refractivity contribution in [3.05, 3.63) is 77.6 Å². The number of benzene rings is 2. The fourth-order valence-corrected chi connectivity index (χ4v) is 4.18. The van der Waals surface area contributed by atoms with E-state index in [0.717, 1.165) is 47.2 Å². The largest absolute Gasteiger partial charge is 0.465 e. The fraction of sp³-hybridized carbons (Fsp3) is 0.200. The summed E-state index contributed by atoms with van der Waals surface area (Å²) in [7, 11) is 3.56. The summed E-state index contributed by atoms with van der Waals surface area (Å²) >= 11 is 0. The van der Waals surface area contributed by atoms with Gasteiger partial charge in [-0.3, -0.25) is 0 Å². The van der Waals surface area contributed by atoms with E-state index in [0.29, 0.717) is 5.56 Å². The molecule has 0 fully saturated rings. The molecular weight excluding hydrogens is 374 g/mol. The second-order valence-corrected chi connectivity index (χ2v) is 7.86. The smallest absolute Gasteiger partial charge is 0.337 e. The molecule has 0 unspecified atom stereocenters. The number of ether oxygens (including phenoxy) is 1. The Morgan fingerprint density at radius 1 is 1.03 bits per heavy atom. The van der Waals surface area contributed by atoms with Gasteiger partial charge in [0.15, 0.2) is 0 Å². The summed E-state index contributed by atoms with van der Waals surface area (Å²) in [4.78, 5) is 22.0. The first kappa shape index (κ1) is 18.6. The molecule has 1 aliphatic heterocycles. The standard InChI is InChI=1S/C25H23N3O2/c1-28-10-9-16-3-8-19(11-21(16)15-28)20-12-22-23(14-27-24(22)26-13-20)17-4-6-18(7-5-17)25(29)30-2/h3-8,11-14H,9-10,15H2,1-2H3,(H,26,27). The molecule has 4 aromatic rings. The van der Waals surface area contributed by atoms with Gasteiger partial charge in [-0.15, -0.1) is 0 Å². The van der Waals surface area contributed by atoms with Crippen molar-refractivity contribution in [2.24, 2.45) is 0 Å². The van der Waals surface area contributed by atoms with Gasteiger partial charge in [-0.25, -0.2) is 9.78 Å². The third-order valence-electron chi connectivity index (χ3n) is 5.89. The van der Waals surface area contributed by atoms with Gasteiger partial charge in [0.2, 0.25) is 0 Å². The van der Waals surface area contributed by atoms with Crippen LogP contribution in [0.5, 0.6) is 0 Å². The van der Waals surface area contributed by atoms with Crippen molar-refractivity contribution in [2.45, 2.75) is 13.0 Å². The molecule has 0 saturated heterocycles. The van der Waals surface area contributed by atoms with Gasteiger partial charge in [-0.05, 0) is 60.0 Å². The van der Waals surface area contributed by atoms with Gasteiger partial charge in [0, 0.05) is 42.0 Å². The van der Waals surface area contributed by atoms with Crippen LogP contribution in [0.1, 0.15) is 21.5 Å². The first-order valence-electron chi connectivity index (χ1n) is 10.1. The van der Waals surface area contributed by atoms with Gasteiger partial charge in [0.05, 0.1) is 12.7 Å². The van der Waals surface area contributed by atoms with Crippen molar-refractivity contribution in [1.82, 2.24) is 14.9 Å². The van der Waals surface area contributed by atoms with Crippen LogP contribution in [0.15, 0.2) is 60.9 Å². The molecule has 1 N–H and O–H groups in total. The van der Waals surface area contributed by atoms with Crippen molar-refractivity contribution < 1.29 is 9.53 Å². The number of rotatable bonds is 3. The molecule has 1 aliphatic rings. The number of nitrogens with one attached hydrogen (secondary N) is 1. The molecular formula is C25H23N3O2. The number of hydrogen-bond donors (Lipinski definition) is 1. The lowest BCUT2D eigenvalue weighted by molar-refractivity contribution is 0.0601. The molecule has 0 saturated carbocycles. The minimum atomic E-state index is -0.331. The third-order valence-corrected chi connectivity index (χ3v) is 5.89. The SMILES string of the molecule is COC(=O)c1ccc(-c2c[nH]c3ncc(-c4ccc5c(c4)CN(C)CC5)cc23)cc1. The highest BCUT2D eigenvalue weighted by atomic mass is 16.5. The highest BCUT2D eigenvalue weighted by Crippen LogP contribution is 2.32. The lowest BCUT2D eigenvalue weighted by atomic mass is 9.95. The van der Waals surface area contributed by atoms with Crippen LogP contribution in [0, 0.1) is 0 Å². The lowest BCUT2D eigenvalue weighted by Gasteiger charge is -2.25. The summed E-state index contributed by atoms with van der Waals surface area (Å²) in [6.07, 6.45) is 5.00. The monoisotopic (exact) mass is 397 g/mol. The van der Waals surface area contributed by atoms with Crippen LogP contribution >= 0.6 is 0 Å². The Hall–Kier alpha value is -3.44. The van der Waals surface area contributed by atoms with Crippen molar-refractivity contribution in [2.75, 3.05) is 20.7 Å². The van der Waals surface area contributed by atoms with Crippen molar-refractivity contribution in [1.29, 1.82) is 0 Å². The number of likely N-dealkylation sites (N-methyl/N-ethyl adjacent to an activating group) is 1. The van der Waals surface area contributed by atoms with Gasteiger partial charge < -0.3 is 14.6 Å². The van der Waals surface area contributed by atoms with Gasteiger partial charge in [-0.2, -0.15) is 0 Å². The predicted octanol–water partition coefficient (Wildman–Crippen LogP) is 4.67. The summed E-state index contributed by atoms with van der Waals surface area (Å²) in [5.41, 5.74) is 8.61. The van der Waals surface area contributed by atoms with Crippen LogP contribution < -0.4 is 0 Å². The number of aromatic amines is 1. The molecule has 0 aliphatic carbocycles.